The third kappa shape index (κ3) is 3.48. The summed E-state index contributed by atoms with van der Waals surface area (Å²) in [5.41, 5.74) is -2.85. The molecule has 120 valence electrons. The topological polar surface area (TPSA) is 83.9 Å². The number of halogens is 2. The number of aliphatic carboxylic acids is 1. The van der Waals surface area contributed by atoms with Crippen LogP contribution in [0.1, 0.15) is 34.1 Å². The molecule has 1 amide bonds. The molecular formula is C13H19F2NO5. The van der Waals surface area contributed by atoms with E-state index in [1.165, 1.54) is 0 Å². The third-order valence-electron chi connectivity index (χ3n) is 3.16. The Bertz CT molecular complexity index is 464. The van der Waals surface area contributed by atoms with Crippen molar-refractivity contribution >= 4 is 17.8 Å². The van der Waals surface area contributed by atoms with Gasteiger partial charge in [-0.1, -0.05) is 0 Å². The van der Waals surface area contributed by atoms with E-state index in [9.17, 15) is 23.2 Å². The van der Waals surface area contributed by atoms with Gasteiger partial charge in [-0.25, -0.2) is 9.59 Å². The number of carboxylic acids is 1. The van der Waals surface area contributed by atoms with E-state index in [1.807, 2.05) is 0 Å². The summed E-state index contributed by atoms with van der Waals surface area (Å²) in [6.07, 6.45) is -1.41. The summed E-state index contributed by atoms with van der Waals surface area (Å²) >= 11 is 0. The van der Waals surface area contributed by atoms with E-state index in [0.717, 1.165) is 11.8 Å². The van der Waals surface area contributed by atoms with E-state index in [2.05, 4.69) is 0 Å². The summed E-state index contributed by atoms with van der Waals surface area (Å²) in [6, 6.07) is 0. The molecule has 6 nitrogen and oxygen atoms in total. The second kappa shape index (κ2) is 5.23. The van der Waals surface area contributed by atoms with Crippen molar-refractivity contribution < 1.29 is 33.0 Å². The quantitative estimate of drug-likeness (QED) is 0.858. The lowest BCUT2D eigenvalue weighted by Crippen LogP contribution is -2.68. The molecule has 0 bridgehead atoms. The van der Waals surface area contributed by atoms with Crippen LogP contribution in [0.15, 0.2) is 0 Å². The highest BCUT2D eigenvalue weighted by Gasteiger charge is 2.66. The number of ether oxygens (including phenoxy) is 1. The number of alkyl halides is 2. The van der Waals surface area contributed by atoms with E-state index in [0.29, 0.717) is 0 Å². The van der Waals surface area contributed by atoms with Gasteiger partial charge in [0, 0.05) is 19.5 Å². The Labute approximate surface area is 121 Å². The Morgan fingerprint density at radius 3 is 2.05 bits per heavy atom. The molecule has 1 aliphatic rings. The highest BCUT2D eigenvalue weighted by atomic mass is 19.3. The lowest BCUT2D eigenvalue weighted by molar-refractivity contribution is -0.212. The first-order chi connectivity index (χ1) is 9.31. The molecule has 0 spiro atoms. The summed E-state index contributed by atoms with van der Waals surface area (Å²) in [7, 11) is 0. The van der Waals surface area contributed by atoms with Crippen LogP contribution in [0.3, 0.4) is 0 Å². The molecule has 0 saturated carbocycles. The van der Waals surface area contributed by atoms with Crippen molar-refractivity contribution in [2.75, 3.05) is 13.1 Å². The van der Waals surface area contributed by atoms with Gasteiger partial charge in [-0.2, -0.15) is 8.78 Å². The highest BCUT2D eigenvalue weighted by Crippen LogP contribution is 2.48. The number of carbonyl (C=O) groups excluding carboxylic acids is 2. The molecule has 0 aromatic heterocycles. The number of amides is 1. The maximum absolute atomic E-state index is 13.9. The second-order valence-corrected chi connectivity index (χ2v) is 6.38. The number of hydrogen-bond donors (Lipinski definition) is 1. The number of carbonyl (C=O) groups is 3. The number of nitrogens with zero attached hydrogens (tertiary/aromatic N) is 1. The summed E-state index contributed by atoms with van der Waals surface area (Å²) in [4.78, 5) is 34.6. The number of carboxylic acid groups (broad SMARTS) is 1. The van der Waals surface area contributed by atoms with Crippen LogP contribution in [0.2, 0.25) is 0 Å². The van der Waals surface area contributed by atoms with Crippen LogP contribution in [0, 0.1) is 5.41 Å². The molecule has 21 heavy (non-hydrogen) atoms. The van der Waals surface area contributed by atoms with Crippen LogP contribution in [-0.4, -0.2) is 52.5 Å². The van der Waals surface area contributed by atoms with Crippen LogP contribution in [-0.2, 0) is 14.3 Å². The lowest BCUT2D eigenvalue weighted by Gasteiger charge is -2.51. The maximum atomic E-state index is 13.9. The van der Waals surface area contributed by atoms with Crippen molar-refractivity contribution in [2.45, 2.75) is 45.6 Å². The van der Waals surface area contributed by atoms with E-state index >= 15 is 0 Å². The number of likely N-dealkylation sites (tertiary alicyclic amines) is 1. The average molecular weight is 307 g/mol. The van der Waals surface area contributed by atoms with Gasteiger partial charge in [-0.15, -0.1) is 0 Å². The summed E-state index contributed by atoms with van der Waals surface area (Å²) in [5, 5.41) is 8.67. The summed E-state index contributed by atoms with van der Waals surface area (Å²) in [5.74, 6) is -6.94. The Balaban J connectivity index is 2.87. The monoisotopic (exact) mass is 307 g/mol. The molecule has 8 heteroatoms. The van der Waals surface area contributed by atoms with Crippen LogP contribution >= 0.6 is 0 Å². The van der Waals surface area contributed by atoms with Gasteiger partial charge < -0.3 is 19.5 Å². The molecule has 1 N–H and O–H groups in total. The second-order valence-electron chi connectivity index (χ2n) is 6.38. The van der Waals surface area contributed by atoms with Gasteiger partial charge in [0.05, 0.1) is 5.41 Å². The van der Waals surface area contributed by atoms with Gasteiger partial charge in [-0.05, 0) is 27.7 Å². The molecule has 0 unspecified atom stereocenters. The van der Waals surface area contributed by atoms with Crippen LogP contribution in [0.25, 0.3) is 0 Å². The SMILES string of the molecule is CC(=O)CC1(C(F)(F)C(=O)O)CN(C(=O)OC(C)(C)C)C1. The minimum absolute atomic E-state index is 0.527. The summed E-state index contributed by atoms with van der Waals surface area (Å²) < 4.78 is 32.7. The van der Waals surface area contributed by atoms with Crippen molar-refractivity contribution in [3.63, 3.8) is 0 Å². The third-order valence-corrected chi connectivity index (χ3v) is 3.16. The van der Waals surface area contributed by atoms with Crippen molar-refractivity contribution in [1.82, 2.24) is 4.90 Å². The predicted octanol–water partition coefficient (Wildman–Crippen LogP) is 1.92. The number of hydrogen-bond acceptors (Lipinski definition) is 4. The number of Topliss-reactive ketones (excluding diaryl/α,β-unsaturated/α-hetero) is 1. The van der Waals surface area contributed by atoms with Crippen molar-refractivity contribution in [3.8, 4) is 0 Å². The molecule has 0 radical (unpaired) electrons. The largest absolute Gasteiger partial charge is 0.477 e. The summed E-state index contributed by atoms with van der Waals surface area (Å²) in [6.45, 7) is 4.93. The molecule has 1 aliphatic heterocycles. The molecular weight excluding hydrogens is 288 g/mol. The molecule has 1 saturated heterocycles. The molecule has 0 aromatic carbocycles. The zero-order valence-electron chi connectivity index (χ0n) is 12.4. The Morgan fingerprint density at radius 2 is 1.71 bits per heavy atom. The van der Waals surface area contributed by atoms with E-state index < -0.39 is 54.3 Å². The minimum Gasteiger partial charge on any atom is -0.477 e. The van der Waals surface area contributed by atoms with Gasteiger partial charge in [-0.3, -0.25) is 0 Å². The zero-order valence-corrected chi connectivity index (χ0v) is 12.4. The van der Waals surface area contributed by atoms with Gasteiger partial charge in [0.1, 0.15) is 11.4 Å². The molecule has 0 aromatic rings. The fourth-order valence-corrected chi connectivity index (χ4v) is 2.26. The Kier molecular flexibility index (Phi) is 4.32. The zero-order chi connectivity index (χ0) is 16.6. The molecule has 1 heterocycles. The molecule has 1 fully saturated rings. The van der Waals surface area contributed by atoms with Crippen molar-refractivity contribution in [2.24, 2.45) is 5.41 Å². The standard InChI is InChI=1S/C13H19F2NO5/c1-8(17)5-12(13(14,15)9(18)19)6-16(7-12)10(20)21-11(2,3)4/h5-7H2,1-4H3,(H,18,19). The first-order valence-electron chi connectivity index (χ1n) is 6.39. The van der Waals surface area contributed by atoms with Crippen molar-refractivity contribution in [3.05, 3.63) is 0 Å². The van der Waals surface area contributed by atoms with Gasteiger partial charge >= 0.3 is 18.0 Å². The predicted molar refractivity (Wildman–Crippen MR) is 68.1 cm³/mol. The maximum Gasteiger partial charge on any atom is 0.410 e. The number of ketones is 1. The Morgan fingerprint density at radius 1 is 1.24 bits per heavy atom. The van der Waals surface area contributed by atoms with E-state index in [4.69, 9.17) is 9.84 Å². The highest BCUT2D eigenvalue weighted by molar-refractivity contribution is 5.82. The van der Waals surface area contributed by atoms with Crippen molar-refractivity contribution in [1.29, 1.82) is 0 Å². The molecule has 0 atom stereocenters. The fourth-order valence-electron chi connectivity index (χ4n) is 2.26. The number of rotatable bonds is 4. The minimum atomic E-state index is -4.09. The first-order valence-corrected chi connectivity index (χ1v) is 6.39. The van der Waals surface area contributed by atoms with E-state index in [1.54, 1.807) is 20.8 Å². The van der Waals surface area contributed by atoms with Gasteiger partial charge in [0.25, 0.3) is 0 Å². The molecule has 0 aliphatic carbocycles. The first kappa shape index (κ1) is 17.3. The van der Waals surface area contributed by atoms with Crippen LogP contribution in [0.5, 0.6) is 0 Å². The fraction of sp³-hybridized carbons (Fsp3) is 0.769. The van der Waals surface area contributed by atoms with Crippen LogP contribution in [0.4, 0.5) is 13.6 Å². The van der Waals surface area contributed by atoms with Crippen LogP contribution < -0.4 is 0 Å². The molecule has 1 rings (SSSR count). The van der Waals surface area contributed by atoms with E-state index in [-0.39, 0.29) is 0 Å². The Hall–Kier alpha value is -1.73. The lowest BCUT2D eigenvalue weighted by atomic mass is 9.70. The normalized spacial score (nSPS) is 17.9. The smallest absolute Gasteiger partial charge is 0.410 e. The van der Waals surface area contributed by atoms with Gasteiger partial charge in [0.2, 0.25) is 0 Å². The average Bonchev–Trinajstić information content (AvgIpc) is 2.18. The van der Waals surface area contributed by atoms with Gasteiger partial charge in [0.15, 0.2) is 0 Å².